The first-order chi connectivity index (χ1) is 6.66. The molecule has 0 amide bonds. The first-order valence-electron chi connectivity index (χ1n) is 4.14. The fourth-order valence-electron chi connectivity index (χ4n) is 1.29. The number of rotatable bonds is 2. The van der Waals surface area contributed by atoms with Crippen molar-refractivity contribution in [3.8, 4) is 5.88 Å². The van der Waals surface area contributed by atoms with Crippen molar-refractivity contribution in [1.29, 1.82) is 0 Å². The first kappa shape index (κ1) is 9.05. The molecule has 0 saturated carbocycles. The van der Waals surface area contributed by atoms with Gasteiger partial charge in [-0.1, -0.05) is 11.6 Å². The number of benzene rings is 1. The molecular formula is C8H9BN2O3. The lowest BCUT2D eigenvalue weighted by Gasteiger charge is -2.00. The average molecular weight is 192 g/mol. The molecule has 0 saturated heterocycles. The molecule has 1 heterocycles. The predicted molar refractivity (Wildman–Crippen MR) is 51.7 cm³/mol. The highest BCUT2D eigenvalue weighted by molar-refractivity contribution is 6.34. The van der Waals surface area contributed by atoms with Gasteiger partial charge in [0.2, 0.25) is 5.88 Å². The number of hydrogen-bond donors (Lipinski definition) is 3. The molecule has 0 atom stereocenters. The zero-order valence-electron chi connectivity index (χ0n) is 7.56. The molecule has 0 bridgehead atoms. The van der Waals surface area contributed by atoms with Gasteiger partial charge in [0, 0.05) is 0 Å². The van der Waals surface area contributed by atoms with E-state index in [4.69, 9.17) is 14.7 Å². The summed E-state index contributed by atoms with van der Waals surface area (Å²) in [6.45, 7) is 1.94. The molecule has 0 spiro atoms. The third-order valence-electron chi connectivity index (χ3n) is 1.90. The van der Waals surface area contributed by atoms with Gasteiger partial charge in [-0.2, -0.15) is 0 Å². The molecule has 0 aliphatic heterocycles. The number of aromatic nitrogens is 2. The highest BCUT2D eigenvalue weighted by atomic mass is 16.6. The van der Waals surface area contributed by atoms with Gasteiger partial charge in [0.15, 0.2) is 0 Å². The van der Waals surface area contributed by atoms with E-state index in [1.165, 1.54) is 0 Å². The van der Waals surface area contributed by atoms with Crippen molar-refractivity contribution in [2.45, 2.75) is 6.92 Å². The maximum absolute atomic E-state index is 8.63. The van der Waals surface area contributed by atoms with E-state index in [2.05, 4.69) is 10.2 Å². The van der Waals surface area contributed by atoms with E-state index in [-0.39, 0.29) is 5.88 Å². The van der Waals surface area contributed by atoms with Crippen molar-refractivity contribution in [3.63, 3.8) is 0 Å². The van der Waals surface area contributed by atoms with Crippen molar-refractivity contribution >= 4 is 18.2 Å². The second-order valence-electron chi connectivity index (χ2n) is 3.02. The number of aryl methyl sites for hydroxylation is 1. The zero-order valence-corrected chi connectivity index (χ0v) is 7.56. The van der Waals surface area contributed by atoms with Crippen molar-refractivity contribution < 1.29 is 14.7 Å². The summed E-state index contributed by atoms with van der Waals surface area (Å²) in [4.78, 5) is 0. The van der Waals surface area contributed by atoms with E-state index < -0.39 is 7.32 Å². The summed E-state index contributed by atoms with van der Waals surface area (Å²) >= 11 is 0. The van der Waals surface area contributed by atoms with Crippen LogP contribution >= 0.6 is 0 Å². The van der Waals surface area contributed by atoms with E-state index in [1.54, 1.807) is 0 Å². The first-order valence-corrected chi connectivity index (χ1v) is 4.14. The summed E-state index contributed by atoms with van der Waals surface area (Å²) < 4.78 is 4.69. The Kier molecular flexibility index (Phi) is 2.15. The van der Waals surface area contributed by atoms with Crippen LogP contribution < -0.4 is 4.65 Å². The summed E-state index contributed by atoms with van der Waals surface area (Å²) in [6, 6.07) is 5.64. The molecule has 0 aliphatic rings. The van der Waals surface area contributed by atoms with Gasteiger partial charge in [-0.3, -0.25) is 5.10 Å². The van der Waals surface area contributed by atoms with E-state index in [0.29, 0.717) is 0 Å². The largest absolute Gasteiger partial charge is 0.708 e. The van der Waals surface area contributed by atoms with Crippen LogP contribution in [-0.4, -0.2) is 27.6 Å². The van der Waals surface area contributed by atoms with E-state index in [0.717, 1.165) is 16.5 Å². The second kappa shape index (κ2) is 3.32. The van der Waals surface area contributed by atoms with E-state index in [1.807, 2.05) is 25.1 Å². The summed E-state index contributed by atoms with van der Waals surface area (Å²) in [6.07, 6.45) is 0. The minimum Gasteiger partial charge on any atom is -0.496 e. The number of aromatic amines is 1. The van der Waals surface area contributed by atoms with Gasteiger partial charge in [0.25, 0.3) is 0 Å². The molecule has 14 heavy (non-hydrogen) atoms. The summed E-state index contributed by atoms with van der Waals surface area (Å²) in [5.41, 5.74) is 1.85. The molecule has 72 valence electrons. The molecule has 1 aromatic heterocycles. The van der Waals surface area contributed by atoms with Gasteiger partial charge in [-0.25, -0.2) is 0 Å². The Morgan fingerprint density at radius 1 is 1.43 bits per heavy atom. The summed E-state index contributed by atoms with van der Waals surface area (Å²) in [5.74, 6) is 0.193. The lowest BCUT2D eigenvalue weighted by atomic mass is 10.2. The number of nitrogens with one attached hydrogen (secondary N) is 1. The Bertz CT molecular complexity index is 455. The van der Waals surface area contributed by atoms with Crippen LogP contribution in [0.1, 0.15) is 5.56 Å². The van der Waals surface area contributed by atoms with Crippen molar-refractivity contribution in [2.75, 3.05) is 0 Å². The van der Waals surface area contributed by atoms with Gasteiger partial charge >= 0.3 is 7.32 Å². The quantitative estimate of drug-likeness (QED) is 0.594. The minimum absolute atomic E-state index is 0.193. The minimum atomic E-state index is -1.85. The highest BCUT2D eigenvalue weighted by Crippen LogP contribution is 2.23. The molecule has 1 aromatic carbocycles. The Balaban J connectivity index is 2.50. The molecule has 5 nitrogen and oxygen atoms in total. The van der Waals surface area contributed by atoms with Crippen LogP contribution in [0.4, 0.5) is 0 Å². The van der Waals surface area contributed by atoms with Crippen molar-refractivity contribution in [2.24, 2.45) is 0 Å². The molecule has 0 fully saturated rings. The normalized spacial score (nSPS) is 10.5. The van der Waals surface area contributed by atoms with Gasteiger partial charge in [0.05, 0.1) is 10.9 Å². The average Bonchev–Trinajstić information content (AvgIpc) is 2.47. The van der Waals surface area contributed by atoms with Crippen molar-refractivity contribution in [3.05, 3.63) is 23.8 Å². The SMILES string of the molecule is Cc1ccc2[nH]nc(OB(O)O)c2c1. The summed E-state index contributed by atoms with van der Waals surface area (Å²) in [7, 11) is -1.85. The molecule has 6 heteroatoms. The second-order valence-corrected chi connectivity index (χ2v) is 3.02. The van der Waals surface area contributed by atoms with Crippen LogP contribution in [0, 0.1) is 6.92 Å². The molecule has 0 radical (unpaired) electrons. The Hall–Kier alpha value is -1.53. The monoisotopic (exact) mass is 192 g/mol. The maximum atomic E-state index is 8.63. The molecule has 3 N–H and O–H groups in total. The Labute approximate surface area is 80.5 Å². The molecular weight excluding hydrogens is 183 g/mol. The topological polar surface area (TPSA) is 78.4 Å². The molecule has 0 unspecified atom stereocenters. The summed E-state index contributed by atoms with van der Waals surface area (Å²) in [5, 5.41) is 24.5. The van der Waals surface area contributed by atoms with E-state index in [9.17, 15) is 0 Å². The van der Waals surface area contributed by atoms with Crippen LogP contribution in [0.5, 0.6) is 5.88 Å². The Morgan fingerprint density at radius 2 is 2.21 bits per heavy atom. The third-order valence-corrected chi connectivity index (χ3v) is 1.90. The molecule has 2 aromatic rings. The lowest BCUT2D eigenvalue weighted by Crippen LogP contribution is -2.20. The number of H-pyrrole nitrogens is 1. The van der Waals surface area contributed by atoms with Gasteiger partial charge in [0.1, 0.15) is 0 Å². The van der Waals surface area contributed by atoms with Gasteiger partial charge in [-0.05, 0) is 19.1 Å². The molecule has 2 rings (SSSR count). The lowest BCUT2D eigenvalue weighted by molar-refractivity contribution is 0.284. The van der Waals surface area contributed by atoms with Crippen LogP contribution in [-0.2, 0) is 0 Å². The van der Waals surface area contributed by atoms with Crippen LogP contribution in [0.3, 0.4) is 0 Å². The number of nitrogens with zero attached hydrogens (tertiary/aromatic N) is 1. The molecule has 0 aliphatic carbocycles. The maximum Gasteiger partial charge on any atom is 0.708 e. The van der Waals surface area contributed by atoms with Crippen molar-refractivity contribution in [1.82, 2.24) is 10.2 Å². The smallest absolute Gasteiger partial charge is 0.496 e. The Morgan fingerprint density at radius 3 is 2.93 bits per heavy atom. The van der Waals surface area contributed by atoms with Crippen LogP contribution in [0.15, 0.2) is 18.2 Å². The third kappa shape index (κ3) is 1.57. The van der Waals surface area contributed by atoms with Gasteiger partial charge < -0.3 is 14.7 Å². The number of fused-ring (bicyclic) bond motifs is 1. The van der Waals surface area contributed by atoms with E-state index >= 15 is 0 Å². The highest BCUT2D eigenvalue weighted by Gasteiger charge is 2.15. The number of hydrogen-bond acceptors (Lipinski definition) is 4. The fourth-order valence-corrected chi connectivity index (χ4v) is 1.29. The van der Waals surface area contributed by atoms with Gasteiger partial charge in [-0.15, -0.1) is 5.10 Å². The zero-order chi connectivity index (χ0) is 10.1. The predicted octanol–water partition coefficient (Wildman–Crippen LogP) is 0.220. The standard InChI is InChI=1S/C8H9BN2O3/c1-5-2-3-7-6(4-5)8(11-10-7)14-9(12)13/h2-4,12-13H,1H3,(H,10,11). The van der Waals surface area contributed by atoms with Crippen LogP contribution in [0.25, 0.3) is 10.9 Å². The fraction of sp³-hybridized carbons (Fsp3) is 0.125. The van der Waals surface area contributed by atoms with Crippen LogP contribution in [0.2, 0.25) is 0 Å².